The summed E-state index contributed by atoms with van der Waals surface area (Å²) < 4.78 is 0. The van der Waals surface area contributed by atoms with E-state index in [4.69, 9.17) is 0 Å². The van der Waals surface area contributed by atoms with Gasteiger partial charge in [-0.1, -0.05) is 36.4 Å². The van der Waals surface area contributed by atoms with Crippen LogP contribution in [-0.4, -0.2) is 57.8 Å². The lowest BCUT2D eigenvalue weighted by atomic mass is 9.95. The predicted molar refractivity (Wildman–Crippen MR) is 134 cm³/mol. The Balaban J connectivity index is 1.16. The molecule has 2 fully saturated rings. The highest BCUT2D eigenvalue weighted by Crippen LogP contribution is 2.37. The lowest BCUT2D eigenvalue weighted by Crippen LogP contribution is -2.43. The topological polar surface area (TPSA) is 72.2 Å². The van der Waals surface area contributed by atoms with Crippen LogP contribution in [-0.2, 0) is 9.59 Å². The first-order chi connectivity index (χ1) is 16.5. The Morgan fingerprint density at radius 1 is 0.706 bits per heavy atom. The lowest BCUT2D eigenvalue weighted by molar-refractivity contribution is -0.150. The van der Waals surface area contributed by atoms with E-state index in [-0.39, 0.29) is 23.7 Å². The molecule has 0 radical (unpaired) electrons. The molecule has 2 unspecified atom stereocenters. The number of hydrogen-bond donors (Lipinski definition) is 2. The molecule has 4 heterocycles. The van der Waals surface area contributed by atoms with Gasteiger partial charge in [0.2, 0.25) is 0 Å². The summed E-state index contributed by atoms with van der Waals surface area (Å²) in [4.78, 5) is 36.8. The third kappa shape index (κ3) is 3.31. The van der Waals surface area contributed by atoms with Gasteiger partial charge in [0.1, 0.15) is 0 Å². The van der Waals surface area contributed by atoms with Gasteiger partial charge in [-0.25, -0.2) is 0 Å². The number of amides is 2. The summed E-state index contributed by atoms with van der Waals surface area (Å²) in [7, 11) is 0. The largest absolute Gasteiger partial charge is 0.358 e. The number of carbonyl (C=O) groups is 2. The van der Waals surface area contributed by atoms with Crippen molar-refractivity contribution in [3.8, 4) is 0 Å². The molecule has 0 saturated carbocycles. The van der Waals surface area contributed by atoms with Crippen molar-refractivity contribution in [3.05, 3.63) is 71.0 Å². The summed E-state index contributed by atoms with van der Waals surface area (Å²) in [6.07, 6.45) is 1.78. The van der Waals surface area contributed by atoms with Gasteiger partial charge in [-0.05, 0) is 49.9 Å². The highest BCUT2D eigenvalue weighted by atomic mass is 16.2. The minimum absolute atomic E-state index is 0.257. The summed E-state index contributed by atoms with van der Waals surface area (Å²) in [5, 5.41) is 2.45. The fourth-order valence-corrected chi connectivity index (χ4v) is 6.28. The van der Waals surface area contributed by atoms with Gasteiger partial charge in [0.15, 0.2) is 0 Å². The number of nitrogens with zero attached hydrogens (tertiary/aromatic N) is 2. The van der Waals surface area contributed by atoms with E-state index in [1.54, 1.807) is 9.80 Å². The average Bonchev–Trinajstić information content (AvgIpc) is 3.61. The molecular formula is C28H30N4O2. The number of fused-ring (bicyclic) bond motifs is 2. The highest BCUT2D eigenvalue weighted by Gasteiger charge is 2.37. The predicted octanol–water partition coefficient (Wildman–Crippen LogP) is 4.60. The number of aryl methyl sites for hydroxylation is 2. The minimum Gasteiger partial charge on any atom is -0.358 e. The molecule has 0 spiro atoms. The Bertz CT molecular complexity index is 1310. The van der Waals surface area contributed by atoms with Crippen LogP contribution in [0, 0.1) is 13.8 Å². The number of likely N-dealkylation sites (tertiary alicyclic amines) is 2. The van der Waals surface area contributed by atoms with Crippen LogP contribution in [0.25, 0.3) is 21.8 Å². The molecule has 2 amide bonds. The van der Waals surface area contributed by atoms with Crippen LogP contribution < -0.4 is 0 Å². The highest BCUT2D eigenvalue weighted by molar-refractivity contribution is 6.35. The maximum atomic E-state index is 13.2. The summed E-state index contributed by atoms with van der Waals surface area (Å²) >= 11 is 0. The van der Waals surface area contributed by atoms with Crippen molar-refractivity contribution >= 4 is 33.6 Å². The summed E-state index contributed by atoms with van der Waals surface area (Å²) in [6.45, 7) is 6.67. The first kappa shape index (κ1) is 21.0. The number of hydrogen-bond acceptors (Lipinski definition) is 2. The van der Waals surface area contributed by atoms with Crippen molar-refractivity contribution in [2.24, 2.45) is 0 Å². The van der Waals surface area contributed by atoms with E-state index in [0.717, 1.165) is 35.3 Å². The number of H-pyrrole nitrogens is 2. The number of aromatic nitrogens is 2. The van der Waals surface area contributed by atoms with Gasteiger partial charge in [0.25, 0.3) is 0 Å². The molecule has 2 N–H and O–H groups in total. The van der Waals surface area contributed by atoms with Crippen molar-refractivity contribution in [3.63, 3.8) is 0 Å². The normalized spacial score (nSPS) is 20.6. The van der Waals surface area contributed by atoms with Crippen molar-refractivity contribution in [2.75, 3.05) is 26.2 Å². The zero-order valence-corrected chi connectivity index (χ0v) is 19.7. The molecular weight excluding hydrogens is 424 g/mol. The van der Waals surface area contributed by atoms with E-state index in [9.17, 15) is 9.59 Å². The van der Waals surface area contributed by atoms with Gasteiger partial charge in [-0.15, -0.1) is 0 Å². The molecule has 6 nitrogen and oxygen atoms in total. The Morgan fingerprint density at radius 3 is 1.56 bits per heavy atom. The van der Waals surface area contributed by atoms with Crippen molar-refractivity contribution in [1.82, 2.24) is 19.8 Å². The van der Waals surface area contributed by atoms with E-state index >= 15 is 0 Å². The molecule has 2 aromatic carbocycles. The number of nitrogens with one attached hydrogen (secondary N) is 2. The van der Waals surface area contributed by atoms with E-state index in [2.05, 4.69) is 60.2 Å². The molecule has 0 aliphatic carbocycles. The zero-order chi connectivity index (χ0) is 23.4. The second-order valence-electron chi connectivity index (χ2n) is 9.89. The van der Waals surface area contributed by atoms with Crippen LogP contribution in [0.3, 0.4) is 0 Å². The molecule has 6 rings (SSSR count). The second-order valence-corrected chi connectivity index (χ2v) is 9.89. The molecule has 174 valence electrons. The molecule has 2 atom stereocenters. The van der Waals surface area contributed by atoms with Gasteiger partial charge in [-0.2, -0.15) is 0 Å². The van der Waals surface area contributed by atoms with Crippen LogP contribution in [0.1, 0.15) is 47.2 Å². The van der Waals surface area contributed by atoms with Crippen molar-refractivity contribution < 1.29 is 9.59 Å². The molecule has 34 heavy (non-hydrogen) atoms. The Labute approximate surface area is 198 Å². The van der Waals surface area contributed by atoms with E-state index < -0.39 is 0 Å². The Kier molecular flexibility index (Phi) is 4.97. The van der Waals surface area contributed by atoms with Crippen LogP contribution in [0.4, 0.5) is 0 Å². The molecule has 2 aliphatic rings. The summed E-state index contributed by atoms with van der Waals surface area (Å²) in [5.74, 6) is -0.186. The maximum absolute atomic E-state index is 13.2. The third-order valence-corrected chi connectivity index (χ3v) is 7.84. The van der Waals surface area contributed by atoms with E-state index in [0.29, 0.717) is 26.2 Å². The van der Waals surface area contributed by atoms with Crippen LogP contribution in [0.2, 0.25) is 0 Å². The van der Waals surface area contributed by atoms with E-state index in [1.807, 2.05) is 12.1 Å². The molecule has 2 saturated heterocycles. The van der Waals surface area contributed by atoms with Gasteiger partial charge in [-0.3, -0.25) is 9.59 Å². The van der Waals surface area contributed by atoms with Crippen LogP contribution in [0.5, 0.6) is 0 Å². The van der Waals surface area contributed by atoms with Crippen molar-refractivity contribution in [1.29, 1.82) is 0 Å². The Morgan fingerprint density at radius 2 is 1.12 bits per heavy atom. The minimum atomic E-state index is -0.351. The second kappa shape index (κ2) is 8.05. The number of rotatable bonds is 2. The number of aromatic amines is 2. The maximum Gasteiger partial charge on any atom is 0.312 e. The number of carbonyl (C=O) groups excluding carboxylic acids is 2. The van der Waals surface area contributed by atoms with Gasteiger partial charge < -0.3 is 19.8 Å². The smallest absolute Gasteiger partial charge is 0.312 e. The number of benzene rings is 2. The molecule has 4 aromatic rings. The molecule has 2 aliphatic heterocycles. The first-order valence-corrected chi connectivity index (χ1v) is 12.2. The SMILES string of the molecule is Cc1[nH]c2ccccc2c1C1CCN(C(=O)C(=O)N2CCC(c3c(C)[nH]c4ccccc34)C2)C1. The summed E-state index contributed by atoms with van der Waals surface area (Å²) in [5.41, 5.74) is 7.15. The van der Waals surface area contributed by atoms with Crippen LogP contribution >= 0.6 is 0 Å². The van der Waals surface area contributed by atoms with Gasteiger partial charge in [0.05, 0.1) is 0 Å². The van der Waals surface area contributed by atoms with Crippen molar-refractivity contribution in [2.45, 2.75) is 38.5 Å². The fraction of sp³-hybridized carbons (Fsp3) is 0.357. The molecule has 0 bridgehead atoms. The monoisotopic (exact) mass is 454 g/mol. The van der Waals surface area contributed by atoms with E-state index in [1.165, 1.54) is 21.9 Å². The van der Waals surface area contributed by atoms with Gasteiger partial charge in [0, 0.05) is 71.2 Å². The first-order valence-electron chi connectivity index (χ1n) is 12.2. The Hall–Kier alpha value is -3.54. The quantitative estimate of drug-likeness (QED) is 0.435. The third-order valence-electron chi connectivity index (χ3n) is 7.84. The standard InChI is InChI=1S/C28H30N4O2/c1-17-25(21-7-3-5-9-23(21)29-17)19-11-13-31(15-19)27(33)28(34)32-14-12-20(16-32)26-18(2)30-24-10-6-4-8-22(24)26/h3-10,19-20,29-30H,11-16H2,1-2H3. The zero-order valence-electron chi connectivity index (χ0n) is 19.7. The van der Waals surface area contributed by atoms with Crippen LogP contribution in [0.15, 0.2) is 48.5 Å². The fourth-order valence-electron chi connectivity index (χ4n) is 6.28. The van der Waals surface area contributed by atoms with Gasteiger partial charge >= 0.3 is 11.8 Å². The average molecular weight is 455 g/mol. The molecule has 2 aromatic heterocycles. The summed E-state index contributed by atoms with van der Waals surface area (Å²) in [6, 6.07) is 16.6. The number of para-hydroxylation sites is 2. The molecule has 6 heteroatoms. The lowest BCUT2D eigenvalue weighted by Gasteiger charge is -2.21.